The van der Waals surface area contributed by atoms with Crippen LogP contribution in [0.1, 0.15) is 43.5 Å². The lowest BCUT2D eigenvalue weighted by Gasteiger charge is -2.32. The topological polar surface area (TPSA) is 42.0 Å². The summed E-state index contributed by atoms with van der Waals surface area (Å²) in [5.74, 6) is 1.46. The highest BCUT2D eigenvalue weighted by atomic mass is 79.9. The van der Waals surface area contributed by atoms with Gasteiger partial charge >= 0.3 is 0 Å². The molecule has 1 aliphatic carbocycles. The lowest BCUT2D eigenvalue weighted by atomic mass is 9.79. The second kappa shape index (κ2) is 5.83. The Bertz CT molecular complexity index is 436. The number of pyridine rings is 1. The highest BCUT2D eigenvalue weighted by Gasteiger charge is 2.25. The van der Waals surface area contributed by atoms with E-state index in [-0.39, 0.29) is 5.91 Å². The molecule has 0 bridgehead atoms. The van der Waals surface area contributed by atoms with E-state index in [2.05, 4.69) is 40.1 Å². The predicted molar refractivity (Wildman–Crippen MR) is 75.4 cm³/mol. The molecule has 98 valence electrons. The van der Waals surface area contributed by atoms with Crippen LogP contribution < -0.4 is 5.32 Å². The Morgan fingerprint density at radius 1 is 1.39 bits per heavy atom. The molecule has 1 amide bonds. The van der Waals surface area contributed by atoms with E-state index in [1.807, 2.05) is 0 Å². The first-order valence-corrected chi connectivity index (χ1v) is 7.28. The number of hydrogen-bond donors (Lipinski definition) is 1. The van der Waals surface area contributed by atoms with E-state index < -0.39 is 0 Å². The highest BCUT2D eigenvalue weighted by Crippen LogP contribution is 2.29. The van der Waals surface area contributed by atoms with Gasteiger partial charge in [-0.3, -0.25) is 4.79 Å². The maximum absolute atomic E-state index is 12.1. The largest absolute Gasteiger partial charge is 0.349 e. The Morgan fingerprint density at radius 3 is 2.83 bits per heavy atom. The van der Waals surface area contributed by atoms with Gasteiger partial charge in [0.1, 0.15) is 4.60 Å². The van der Waals surface area contributed by atoms with Crippen molar-refractivity contribution < 1.29 is 4.79 Å². The summed E-state index contributed by atoms with van der Waals surface area (Å²) in [6, 6.07) is 3.81. The van der Waals surface area contributed by atoms with Gasteiger partial charge in [-0.05, 0) is 59.2 Å². The van der Waals surface area contributed by atoms with E-state index in [4.69, 9.17) is 0 Å². The summed E-state index contributed by atoms with van der Waals surface area (Å²) in [6.45, 7) is 4.56. The zero-order chi connectivity index (χ0) is 13.1. The maximum atomic E-state index is 12.1. The number of carbonyl (C=O) groups is 1. The molecule has 3 atom stereocenters. The molecule has 1 N–H and O–H groups in total. The number of nitrogens with zero attached hydrogens (tertiary/aromatic N) is 1. The molecule has 0 spiro atoms. The first-order chi connectivity index (χ1) is 8.56. The van der Waals surface area contributed by atoms with Crippen LogP contribution in [-0.2, 0) is 0 Å². The van der Waals surface area contributed by atoms with Crippen LogP contribution in [0, 0.1) is 11.8 Å². The third kappa shape index (κ3) is 3.31. The summed E-state index contributed by atoms with van der Waals surface area (Å²) in [5, 5.41) is 3.13. The van der Waals surface area contributed by atoms with Crippen LogP contribution in [0.5, 0.6) is 0 Å². The lowest BCUT2D eigenvalue weighted by molar-refractivity contribution is 0.0910. The van der Waals surface area contributed by atoms with Gasteiger partial charge in [-0.15, -0.1) is 0 Å². The summed E-state index contributed by atoms with van der Waals surface area (Å²) in [6.07, 6.45) is 5.01. The molecular weight excluding hydrogens is 292 g/mol. The van der Waals surface area contributed by atoms with Gasteiger partial charge in [-0.2, -0.15) is 0 Å². The van der Waals surface area contributed by atoms with Gasteiger partial charge in [0.15, 0.2) is 0 Å². The summed E-state index contributed by atoms with van der Waals surface area (Å²) >= 11 is 3.28. The summed E-state index contributed by atoms with van der Waals surface area (Å²) in [7, 11) is 0. The minimum absolute atomic E-state index is 0.00449. The number of amides is 1. The lowest BCUT2D eigenvalue weighted by Crippen LogP contribution is -2.39. The Hall–Kier alpha value is -0.900. The van der Waals surface area contributed by atoms with Crippen LogP contribution in [-0.4, -0.2) is 16.9 Å². The van der Waals surface area contributed by atoms with E-state index in [9.17, 15) is 4.79 Å². The summed E-state index contributed by atoms with van der Waals surface area (Å²) in [5.41, 5.74) is 0.670. The molecule has 3 nitrogen and oxygen atoms in total. The third-order valence-electron chi connectivity index (χ3n) is 3.92. The van der Waals surface area contributed by atoms with Gasteiger partial charge < -0.3 is 5.32 Å². The number of halogens is 1. The van der Waals surface area contributed by atoms with E-state index in [0.717, 1.165) is 18.8 Å². The second-order valence-electron chi connectivity index (χ2n) is 5.31. The summed E-state index contributed by atoms with van der Waals surface area (Å²) in [4.78, 5) is 16.1. The van der Waals surface area contributed by atoms with Crippen molar-refractivity contribution in [2.24, 2.45) is 11.8 Å². The Kier molecular flexibility index (Phi) is 4.38. The molecular formula is C14H19BrN2O. The van der Waals surface area contributed by atoms with Gasteiger partial charge in [0.05, 0.1) is 0 Å². The summed E-state index contributed by atoms with van der Waals surface area (Å²) < 4.78 is 0.695. The Labute approximate surface area is 117 Å². The number of carbonyl (C=O) groups excluding carboxylic acids is 1. The molecule has 0 radical (unpaired) electrons. The zero-order valence-corrected chi connectivity index (χ0v) is 12.4. The fraction of sp³-hybridized carbons (Fsp3) is 0.571. The van der Waals surface area contributed by atoms with Crippen molar-refractivity contribution in [1.82, 2.24) is 10.3 Å². The number of nitrogens with one attached hydrogen (secondary N) is 1. The smallest absolute Gasteiger partial charge is 0.251 e. The van der Waals surface area contributed by atoms with Crippen LogP contribution in [0.3, 0.4) is 0 Å². The van der Waals surface area contributed by atoms with Crippen LogP contribution in [0.25, 0.3) is 0 Å². The van der Waals surface area contributed by atoms with Crippen molar-refractivity contribution in [3.8, 4) is 0 Å². The molecule has 1 heterocycles. The van der Waals surface area contributed by atoms with Crippen molar-refractivity contribution in [2.75, 3.05) is 0 Å². The standard InChI is InChI=1S/C14H19BrN2O/c1-9-3-4-12(7-10(9)2)17-14(18)11-5-6-16-13(15)8-11/h5-6,8-10,12H,3-4,7H2,1-2H3,(H,17,18). The molecule has 1 aromatic rings. The van der Waals surface area contributed by atoms with E-state index in [1.165, 1.54) is 6.42 Å². The van der Waals surface area contributed by atoms with E-state index >= 15 is 0 Å². The molecule has 1 fully saturated rings. The minimum atomic E-state index is 0.00449. The number of aromatic nitrogens is 1. The average molecular weight is 311 g/mol. The van der Waals surface area contributed by atoms with Gasteiger partial charge in [0, 0.05) is 17.8 Å². The Morgan fingerprint density at radius 2 is 2.17 bits per heavy atom. The molecule has 0 aromatic carbocycles. The molecule has 3 unspecified atom stereocenters. The fourth-order valence-electron chi connectivity index (χ4n) is 2.49. The van der Waals surface area contributed by atoms with Crippen molar-refractivity contribution in [3.63, 3.8) is 0 Å². The van der Waals surface area contributed by atoms with E-state index in [0.29, 0.717) is 22.1 Å². The zero-order valence-electron chi connectivity index (χ0n) is 10.8. The first-order valence-electron chi connectivity index (χ1n) is 6.48. The van der Waals surface area contributed by atoms with Crippen LogP contribution >= 0.6 is 15.9 Å². The highest BCUT2D eigenvalue weighted by molar-refractivity contribution is 9.10. The fourth-order valence-corrected chi connectivity index (χ4v) is 2.86. The van der Waals surface area contributed by atoms with Crippen LogP contribution in [0.4, 0.5) is 0 Å². The number of rotatable bonds is 2. The van der Waals surface area contributed by atoms with Gasteiger partial charge in [0.25, 0.3) is 5.91 Å². The average Bonchev–Trinajstić information content (AvgIpc) is 2.34. The van der Waals surface area contributed by atoms with Crippen molar-refractivity contribution >= 4 is 21.8 Å². The SMILES string of the molecule is CC1CCC(NC(=O)c2ccnc(Br)c2)CC1C. The molecule has 1 aromatic heterocycles. The van der Waals surface area contributed by atoms with Gasteiger partial charge in [0.2, 0.25) is 0 Å². The number of hydrogen-bond acceptors (Lipinski definition) is 2. The van der Waals surface area contributed by atoms with Crippen molar-refractivity contribution in [1.29, 1.82) is 0 Å². The molecule has 2 rings (SSSR count). The van der Waals surface area contributed by atoms with Crippen LogP contribution in [0.2, 0.25) is 0 Å². The third-order valence-corrected chi connectivity index (χ3v) is 4.36. The van der Waals surface area contributed by atoms with Gasteiger partial charge in [-0.1, -0.05) is 13.8 Å². The molecule has 1 saturated carbocycles. The second-order valence-corrected chi connectivity index (χ2v) is 6.12. The molecule has 18 heavy (non-hydrogen) atoms. The minimum Gasteiger partial charge on any atom is -0.349 e. The normalized spacial score (nSPS) is 27.8. The van der Waals surface area contributed by atoms with Crippen LogP contribution in [0.15, 0.2) is 22.9 Å². The molecule has 4 heteroatoms. The monoisotopic (exact) mass is 310 g/mol. The molecule has 0 aliphatic heterocycles. The quantitative estimate of drug-likeness (QED) is 0.851. The van der Waals surface area contributed by atoms with Gasteiger partial charge in [-0.25, -0.2) is 4.98 Å². The van der Waals surface area contributed by atoms with Crippen molar-refractivity contribution in [2.45, 2.75) is 39.2 Å². The predicted octanol–water partition coefficient (Wildman–Crippen LogP) is 3.40. The maximum Gasteiger partial charge on any atom is 0.251 e. The van der Waals surface area contributed by atoms with E-state index in [1.54, 1.807) is 18.3 Å². The van der Waals surface area contributed by atoms with Crippen molar-refractivity contribution in [3.05, 3.63) is 28.5 Å². The molecule has 1 aliphatic rings. The Balaban J connectivity index is 1.96. The first kappa shape index (κ1) is 13.5. The molecule has 0 saturated heterocycles.